The molecule has 0 bridgehead atoms. The van der Waals surface area contributed by atoms with Gasteiger partial charge < -0.3 is 25.2 Å². The van der Waals surface area contributed by atoms with Gasteiger partial charge in [-0.1, -0.05) is 37.3 Å². The molecule has 0 spiro atoms. The highest BCUT2D eigenvalue weighted by molar-refractivity contribution is 6.18. The van der Waals surface area contributed by atoms with E-state index in [2.05, 4.69) is 41.9 Å². The molecule has 1 saturated carbocycles. The van der Waals surface area contributed by atoms with Crippen molar-refractivity contribution in [2.24, 2.45) is 5.41 Å². The average Bonchev–Trinajstić information content (AvgIpc) is 3.73. The second kappa shape index (κ2) is 12.5. The summed E-state index contributed by atoms with van der Waals surface area (Å²) in [6, 6.07) is 3.57. The van der Waals surface area contributed by atoms with E-state index in [1.807, 2.05) is 6.92 Å². The van der Waals surface area contributed by atoms with Crippen molar-refractivity contribution in [1.29, 1.82) is 0 Å². The van der Waals surface area contributed by atoms with Gasteiger partial charge in [-0.3, -0.25) is 4.79 Å². The molecule has 3 aliphatic rings. The topological polar surface area (TPSA) is 114 Å². The van der Waals surface area contributed by atoms with Gasteiger partial charge in [-0.25, -0.2) is 9.59 Å². The first kappa shape index (κ1) is 30.4. The number of carbonyl (C=O) groups is 3. The molecule has 2 aliphatic carbocycles. The molecule has 1 aliphatic heterocycles. The fraction of sp³-hybridized carbons (Fsp3) is 0.545. The molecule has 8 nitrogen and oxygen atoms in total. The van der Waals surface area contributed by atoms with Crippen molar-refractivity contribution >= 4 is 29.2 Å². The molecule has 1 fully saturated rings. The van der Waals surface area contributed by atoms with Crippen molar-refractivity contribution in [3.05, 3.63) is 58.9 Å². The first-order valence-electron chi connectivity index (χ1n) is 14.8. The second-order valence-corrected chi connectivity index (χ2v) is 12.5. The summed E-state index contributed by atoms with van der Waals surface area (Å²) in [6.07, 6.45) is 13.6. The van der Waals surface area contributed by atoms with Crippen molar-refractivity contribution < 1.29 is 29.0 Å². The number of hydrogen-bond acceptors (Lipinski definition) is 6. The van der Waals surface area contributed by atoms with Gasteiger partial charge in [0.15, 0.2) is 0 Å². The minimum absolute atomic E-state index is 0.0715. The van der Waals surface area contributed by atoms with E-state index < -0.39 is 17.7 Å². The van der Waals surface area contributed by atoms with E-state index in [-0.39, 0.29) is 47.6 Å². The van der Waals surface area contributed by atoms with E-state index in [1.54, 1.807) is 32.9 Å². The number of hydrogen-bond donors (Lipinski definition) is 3. The van der Waals surface area contributed by atoms with Gasteiger partial charge in [0, 0.05) is 25.1 Å². The lowest BCUT2D eigenvalue weighted by Crippen LogP contribution is -2.34. The number of allylic oxidation sites excluding steroid dienone is 4. The van der Waals surface area contributed by atoms with Crippen molar-refractivity contribution in [3.8, 4) is 0 Å². The number of rotatable bonds is 10. The largest absolute Gasteiger partial charge is 0.511 e. The van der Waals surface area contributed by atoms with Crippen LogP contribution in [0, 0.1) is 12.3 Å². The van der Waals surface area contributed by atoms with Crippen LogP contribution >= 0.6 is 0 Å². The van der Waals surface area contributed by atoms with Gasteiger partial charge in [-0.2, -0.15) is 0 Å². The zero-order valence-corrected chi connectivity index (χ0v) is 25.0. The molecule has 0 saturated heterocycles. The molecule has 2 amide bonds. The first-order valence-corrected chi connectivity index (χ1v) is 14.8. The maximum Gasteiger partial charge on any atom is 0.407 e. The van der Waals surface area contributed by atoms with Crippen LogP contribution in [0.1, 0.15) is 102 Å². The Morgan fingerprint density at radius 2 is 1.95 bits per heavy atom. The smallest absolute Gasteiger partial charge is 0.407 e. The molecule has 2 unspecified atom stereocenters. The Morgan fingerprint density at radius 1 is 1.20 bits per heavy atom. The average molecular weight is 565 g/mol. The van der Waals surface area contributed by atoms with E-state index in [0.29, 0.717) is 24.1 Å². The van der Waals surface area contributed by atoms with Crippen LogP contribution < -0.4 is 10.6 Å². The predicted molar refractivity (Wildman–Crippen MR) is 160 cm³/mol. The number of aliphatic hydroxyl groups excluding tert-OH is 1. The minimum Gasteiger partial charge on any atom is -0.511 e. The van der Waals surface area contributed by atoms with Crippen LogP contribution in [-0.4, -0.2) is 41.3 Å². The highest BCUT2D eigenvalue weighted by Crippen LogP contribution is 2.48. The van der Waals surface area contributed by atoms with Crippen LogP contribution in [-0.2, 0) is 19.1 Å². The van der Waals surface area contributed by atoms with Crippen LogP contribution in [0.4, 0.5) is 10.5 Å². The zero-order chi connectivity index (χ0) is 29.8. The molecule has 1 aromatic carbocycles. The van der Waals surface area contributed by atoms with Gasteiger partial charge in [-0.15, -0.1) is 0 Å². The summed E-state index contributed by atoms with van der Waals surface area (Å²) in [5.74, 6) is -0.400. The highest BCUT2D eigenvalue weighted by atomic mass is 16.6. The van der Waals surface area contributed by atoms with Gasteiger partial charge in [0.2, 0.25) is 5.91 Å². The Labute approximate surface area is 243 Å². The van der Waals surface area contributed by atoms with E-state index in [1.165, 1.54) is 0 Å². The molecule has 0 radical (unpaired) electrons. The van der Waals surface area contributed by atoms with E-state index in [4.69, 9.17) is 9.47 Å². The highest BCUT2D eigenvalue weighted by Gasteiger charge is 2.37. The molecule has 1 heterocycles. The minimum atomic E-state index is -0.609. The molecule has 1 aromatic rings. The summed E-state index contributed by atoms with van der Waals surface area (Å²) >= 11 is 0. The van der Waals surface area contributed by atoms with Crippen molar-refractivity contribution in [3.63, 3.8) is 0 Å². The third-order valence-corrected chi connectivity index (χ3v) is 8.14. The molecular weight excluding hydrogens is 520 g/mol. The number of carbonyl (C=O) groups excluding carboxylic acids is 3. The van der Waals surface area contributed by atoms with Crippen LogP contribution in [0.25, 0.3) is 5.57 Å². The molecule has 222 valence electrons. The Bertz CT molecular complexity index is 1270. The third-order valence-electron chi connectivity index (χ3n) is 8.14. The maximum atomic E-state index is 13.3. The van der Waals surface area contributed by atoms with Crippen LogP contribution in [0.15, 0.2) is 42.2 Å². The van der Waals surface area contributed by atoms with Gasteiger partial charge in [0.1, 0.15) is 23.0 Å². The van der Waals surface area contributed by atoms with Crippen molar-refractivity contribution in [2.45, 2.75) is 104 Å². The number of alkyl carbamates (subject to hydrolysis) is 1. The third kappa shape index (κ3) is 7.80. The number of anilines is 1. The molecule has 2 atom stereocenters. The number of amides is 2. The molecule has 41 heavy (non-hydrogen) atoms. The van der Waals surface area contributed by atoms with Gasteiger partial charge in [0.05, 0.1) is 0 Å². The van der Waals surface area contributed by atoms with Crippen molar-refractivity contribution in [1.82, 2.24) is 5.32 Å². The molecule has 0 aromatic heterocycles. The lowest BCUT2D eigenvalue weighted by molar-refractivity contribution is -0.144. The quantitative estimate of drug-likeness (QED) is 0.264. The fourth-order valence-electron chi connectivity index (χ4n) is 5.68. The second-order valence-electron chi connectivity index (χ2n) is 12.5. The number of ether oxygens (including phenoxy) is 2. The molecule has 3 N–H and O–H groups in total. The summed E-state index contributed by atoms with van der Waals surface area (Å²) in [7, 11) is 0. The Kier molecular flexibility index (Phi) is 9.30. The molecule has 4 rings (SSSR count). The summed E-state index contributed by atoms with van der Waals surface area (Å²) < 4.78 is 11.1. The molecular formula is C33H44N2O6. The normalized spacial score (nSPS) is 22.4. The van der Waals surface area contributed by atoms with Crippen LogP contribution in [0.5, 0.6) is 0 Å². The number of esters is 1. The van der Waals surface area contributed by atoms with Crippen LogP contribution in [0.2, 0.25) is 0 Å². The Hall–Kier alpha value is -3.55. The van der Waals surface area contributed by atoms with Crippen LogP contribution in [0.3, 0.4) is 0 Å². The number of cyclic esters (lactones) is 1. The fourth-order valence-corrected chi connectivity index (χ4v) is 5.68. The summed E-state index contributed by atoms with van der Waals surface area (Å²) in [4.78, 5) is 37.8. The van der Waals surface area contributed by atoms with Gasteiger partial charge >= 0.3 is 12.1 Å². The number of nitrogens with one attached hydrogen (secondary N) is 2. The first-order chi connectivity index (χ1) is 19.4. The van der Waals surface area contributed by atoms with Gasteiger partial charge in [0.25, 0.3) is 0 Å². The van der Waals surface area contributed by atoms with E-state index in [0.717, 1.165) is 43.2 Å². The monoisotopic (exact) mass is 564 g/mol. The number of benzene rings is 1. The summed E-state index contributed by atoms with van der Waals surface area (Å²) in [5.41, 5.74) is 2.87. The Balaban J connectivity index is 1.43. The number of aliphatic hydroxyl groups is 1. The maximum absolute atomic E-state index is 13.3. The predicted octanol–water partition coefficient (Wildman–Crippen LogP) is 7.00. The SMILES string of the molecule is CCC1(CCC2CC(O)=C(c3ccc(NC(=O)CCNC(=O)OC(C)(C)C)c(C)c3C3CC3)C(=O)O2)C=CC=CC1. The van der Waals surface area contributed by atoms with E-state index in [9.17, 15) is 19.5 Å². The van der Waals surface area contributed by atoms with Gasteiger partial charge in [-0.05, 0) is 100 Å². The zero-order valence-electron chi connectivity index (χ0n) is 25.0. The Morgan fingerprint density at radius 3 is 2.56 bits per heavy atom. The summed E-state index contributed by atoms with van der Waals surface area (Å²) in [6.45, 7) is 9.59. The van der Waals surface area contributed by atoms with Crippen molar-refractivity contribution in [2.75, 3.05) is 11.9 Å². The lowest BCUT2D eigenvalue weighted by atomic mass is 9.75. The molecule has 8 heteroatoms. The lowest BCUT2D eigenvalue weighted by Gasteiger charge is -2.33. The standard InChI is InChI=1S/C33H44N2O6/c1-6-33(16-8-7-9-17-33)18-14-23-20-26(36)29(30(38)40-23)24-12-13-25(21(2)28(24)22-10-11-22)35-27(37)15-19-34-31(39)41-32(3,4)5/h7-9,12-13,16,22-23,36H,6,10-11,14-15,17-20H2,1-5H3,(H,34,39)(H,35,37). The summed E-state index contributed by atoms with van der Waals surface area (Å²) in [5, 5.41) is 16.6. The van der Waals surface area contributed by atoms with E-state index >= 15 is 0 Å².